The van der Waals surface area contributed by atoms with Crippen molar-refractivity contribution in [2.24, 2.45) is 5.92 Å². The van der Waals surface area contributed by atoms with Gasteiger partial charge in [0.1, 0.15) is 10.8 Å². The van der Waals surface area contributed by atoms with Gasteiger partial charge in [0, 0.05) is 0 Å². The molecule has 216 valence electrons. The molecule has 1 aliphatic rings. The first-order chi connectivity index (χ1) is 19.0. The number of ether oxygens (including phenoxy) is 1. The third-order valence-corrected chi connectivity index (χ3v) is 10.1. The van der Waals surface area contributed by atoms with Gasteiger partial charge in [0.2, 0.25) is 5.95 Å². The molecule has 4 rings (SSSR count). The van der Waals surface area contributed by atoms with Gasteiger partial charge in [0.15, 0.2) is 15.7 Å². The van der Waals surface area contributed by atoms with Crippen LogP contribution in [-0.2, 0) is 9.84 Å². The third kappa shape index (κ3) is 6.89. The zero-order chi connectivity index (χ0) is 29.0. The lowest BCUT2D eigenvalue weighted by molar-refractivity contribution is 0.243. The van der Waals surface area contributed by atoms with Crippen molar-refractivity contribution >= 4 is 44.6 Å². The standard InChI is InChI=1S/C31H41ClN4O3S/c1-7-22-12-14-23(15-13-22)24-17-28(39-19(2)3)27(16-21(24)6)35-31-33-18-25(32)30(36-31)34-26-10-8-9-11-29(26)40(37,38)20(4)5/h8-11,16-20,22-23H,7,12-15H2,1-6H3,(H2,33,34,35,36). The van der Waals surface area contributed by atoms with E-state index in [1.807, 2.05) is 13.8 Å². The lowest BCUT2D eigenvalue weighted by Gasteiger charge is -2.30. The van der Waals surface area contributed by atoms with Crippen LogP contribution >= 0.6 is 11.6 Å². The van der Waals surface area contributed by atoms with E-state index in [-0.39, 0.29) is 16.0 Å². The van der Waals surface area contributed by atoms with Crippen LogP contribution in [0.25, 0.3) is 0 Å². The van der Waals surface area contributed by atoms with Crippen LogP contribution in [0.4, 0.5) is 23.1 Å². The second-order valence-corrected chi connectivity index (χ2v) is 14.1. The van der Waals surface area contributed by atoms with Gasteiger partial charge in [-0.15, -0.1) is 0 Å². The normalized spacial score (nSPS) is 17.7. The Morgan fingerprint density at radius 3 is 2.38 bits per heavy atom. The number of aryl methyl sites for hydroxylation is 1. The minimum absolute atomic E-state index is 0.00490. The Kier molecular flexibility index (Phi) is 9.62. The Morgan fingerprint density at radius 1 is 1.02 bits per heavy atom. The van der Waals surface area contributed by atoms with Gasteiger partial charge in [0.25, 0.3) is 0 Å². The summed E-state index contributed by atoms with van der Waals surface area (Å²) in [5.41, 5.74) is 3.73. The monoisotopic (exact) mass is 584 g/mol. The van der Waals surface area contributed by atoms with Crippen molar-refractivity contribution in [2.75, 3.05) is 10.6 Å². The zero-order valence-electron chi connectivity index (χ0n) is 24.3. The molecule has 7 nitrogen and oxygen atoms in total. The summed E-state index contributed by atoms with van der Waals surface area (Å²) in [6.45, 7) is 11.8. The number of para-hydroxylation sites is 1. The van der Waals surface area contributed by atoms with Gasteiger partial charge in [-0.2, -0.15) is 4.98 Å². The predicted molar refractivity (Wildman–Crippen MR) is 164 cm³/mol. The summed E-state index contributed by atoms with van der Waals surface area (Å²) in [5.74, 6) is 2.76. The molecule has 3 aromatic rings. The van der Waals surface area contributed by atoms with E-state index in [0.29, 0.717) is 23.4 Å². The molecule has 0 atom stereocenters. The molecular weight excluding hydrogens is 544 g/mol. The maximum absolute atomic E-state index is 12.9. The summed E-state index contributed by atoms with van der Waals surface area (Å²) in [5, 5.41) is 6.14. The number of benzene rings is 2. The number of rotatable bonds is 10. The van der Waals surface area contributed by atoms with Gasteiger partial charge in [-0.05, 0) is 108 Å². The Morgan fingerprint density at radius 2 is 1.73 bits per heavy atom. The Hall–Kier alpha value is -2.84. The molecule has 40 heavy (non-hydrogen) atoms. The maximum Gasteiger partial charge on any atom is 0.229 e. The molecule has 9 heteroatoms. The highest BCUT2D eigenvalue weighted by Crippen LogP contribution is 2.42. The van der Waals surface area contributed by atoms with E-state index < -0.39 is 15.1 Å². The van der Waals surface area contributed by atoms with Crippen LogP contribution in [0.3, 0.4) is 0 Å². The average Bonchev–Trinajstić information content (AvgIpc) is 2.92. The molecule has 0 saturated heterocycles. The molecule has 0 bridgehead atoms. The van der Waals surface area contributed by atoms with E-state index in [0.717, 1.165) is 17.4 Å². The highest BCUT2D eigenvalue weighted by atomic mass is 35.5. The minimum atomic E-state index is -3.52. The quantitative estimate of drug-likeness (QED) is 0.246. The number of nitrogens with zero attached hydrogens (tertiary/aromatic N) is 2. The third-order valence-electron chi connectivity index (χ3n) is 7.65. The second-order valence-electron chi connectivity index (χ2n) is 11.2. The van der Waals surface area contributed by atoms with Crippen molar-refractivity contribution in [3.8, 4) is 5.75 Å². The van der Waals surface area contributed by atoms with Crippen LogP contribution in [0.1, 0.15) is 83.8 Å². The van der Waals surface area contributed by atoms with E-state index >= 15 is 0 Å². The first-order valence-electron chi connectivity index (χ1n) is 14.2. The van der Waals surface area contributed by atoms with Gasteiger partial charge in [-0.1, -0.05) is 37.1 Å². The highest BCUT2D eigenvalue weighted by molar-refractivity contribution is 7.92. The van der Waals surface area contributed by atoms with Crippen molar-refractivity contribution in [3.63, 3.8) is 0 Å². The summed E-state index contributed by atoms with van der Waals surface area (Å²) < 4.78 is 32.1. The molecule has 1 heterocycles. The van der Waals surface area contributed by atoms with Crippen LogP contribution in [0, 0.1) is 12.8 Å². The van der Waals surface area contributed by atoms with Crippen LogP contribution in [0.15, 0.2) is 47.5 Å². The molecule has 2 aromatic carbocycles. The van der Waals surface area contributed by atoms with Crippen LogP contribution in [0.5, 0.6) is 5.75 Å². The highest BCUT2D eigenvalue weighted by Gasteiger charge is 2.25. The minimum Gasteiger partial charge on any atom is -0.489 e. The van der Waals surface area contributed by atoms with E-state index in [2.05, 4.69) is 46.6 Å². The number of aromatic nitrogens is 2. The summed E-state index contributed by atoms with van der Waals surface area (Å²) in [7, 11) is -3.52. The first-order valence-corrected chi connectivity index (χ1v) is 16.1. The largest absolute Gasteiger partial charge is 0.489 e. The van der Waals surface area contributed by atoms with Gasteiger partial charge in [-0.3, -0.25) is 0 Å². The Balaban J connectivity index is 1.64. The summed E-state index contributed by atoms with van der Waals surface area (Å²) in [6.07, 6.45) is 7.71. The predicted octanol–water partition coefficient (Wildman–Crippen LogP) is 8.58. The summed E-state index contributed by atoms with van der Waals surface area (Å²) in [4.78, 5) is 9.18. The fourth-order valence-corrected chi connectivity index (χ4v) is 6.65. The van der Waals surface area contributed by atoms with Crippen molar-refractivity contribution in [1.29, 1.82) is 0 Å². The number of hydrogen-bond donors (Lipinski definition) is 2. The SMILES string of the molecule is CCC1CCC(c2cc(OC(C)C)c(Nc3ncc(Cl)c(Nc4ccccc4S(=O)(=O)C(C)C)n3)cc2C)CC1. The fraction of sp³-hybridized carbons (Fsp3) is 0.484. The molecule has 0 aliphatic heterocycles. The topological polar surface area (TPSA) is 93.2 Å². The molecular formula is C31H41ClN4O3S. The van der Waals surface area contributed by atoms with Crippen molar-refractivity contribution in [3.05, 3.63) is 58.7 Å². The molecule has 1 saturated carbocycles. The van der Waals surface area contributed by atoms with E-state index in [1.165, 1.54) is 49.4 Å². The van der Waals surface area contributed by atoms with E-state index in [9.17, 15) is 8.42 Å². The first kappa shape index (κ1) is 30.1. The van der Waals surface area contributed by atoms with Gasteiger partial charge in [-0.25, -0.2) is 13.4 Å². The van der Waals surface area contributed by atoms with Crippen LogP contribution in [-0.4, -0.2) is 29.7 Å². The average molecular weight is 585 g/mol. The number of nitrogens with one attached hydrogen (secondary N) is 2. The van der Waals surface area contributed by atoms with Crippen LogP contribution in [0.2, 0.25) is 5.02 Å². The van der Waals surface area contributed by atoms with E-state index in [4.69, 9.17) is 16.3 Å². The molecule has 2 N–H and O–H groups in total. The van der Waals surface area contributed by atoms with Gasteiger partial charge < -0.3 is 15.4 Å². The molecule has 1 fully saturated rings. The van der Waals surface area contributed by atoms with E-state index in [1.54, 1.807) is 38.1 Å². The lowest BCUT2D eigenvalue weighted by atomic mass is 9.76. The molecule has 1 aliphatic carbocycles. The number of sulfone groups is 1. The van der Waals surface area contributed by atoms with Gasteiger partial charge >= 0.3 is 0 Å². The number of hydrogen-bond acceptors (Lipinski definition) is 7. The fourth-order valence-electron chi connectivity index (χ4n) is 5.31. The molecule has 0 amide bonds. The second kappa shape index (κ2) is 12.8. The molecule has 0 radical (unpaired) electrons. The summed E-state index contributed by atoms with van der Waals surface area (Å²) >= 11 is 6.44. The van der Waals surface area contributed by atoms with Crippen molar-refractivity contribution in [1.82, 2.24) is 9.97 Å². The number of halogens is 1. The number of anilines is 4. The maximum atomic E-state index is 12.9. The van der Waals surface area contributed by atoms with Crippen molar-refractivity contribution < 1.29 is 13.2 Å². The Bertz CT molecular complexity index is 1430. The lowest BCUT2D eigenvalue weighted by Crippen LogP contribution is -2.16. The smallest absolute Gasteiger partial charge is 0.229 e. The Labute approximate surface area is 244 Å². The van der Waals surface area contributed by atoms with Crippen LogP contribution < -0.4 is 15.4 Å². The molecule has 0 unspecified atom stereocenters. The van der Waals surface area contributed by atoms with Crippen molar-refractivity contribution in [2.45, 2.75) is 95.8 Å². The van der Waals surface area contributed by atoms with Gasteiger partial charge in [0.05, 0.1) is 33.8 Å². The zero-order valence-corrected chi connectivity index (χ0v) is 25.9. The summed E-state index contributed by atoms with van der Waals surface area (Å²) in [6, 6.07) is 11.0. The molecule has 1 aromatic heterocycles. The molecule has 0 spiro atoms.